The van der Waals surface area contributed by atoms with E-state index in [9.17, 15) is 5.11 Å². The lowest BCUT2D eigenvalue weighted by atomic mass is 9.43. The zero-order valence-corrected chi connectivity index (χ0v) is 23.2. The third-order valence-electron chi connectivity index (χ3n) is 11.9. The second kappa shape index (κ2) is 9.99. The van der Waals surface area contributed by atoms with Gasteiger partial charge in [-0.2, -0.15) is 0 Å². The Morgan fingerprint density at radius 1 is 0.848 bits per heavy atom. The topological polar surface area (TPSA) is 20.2 Å². The van der Waals surface area contributed by atoms with Gasteiger partial charge in [0.25, 0.3) is 0 Å². The maximum atomic E-state index is 11.0. The summed E-state index contributed by atoms with van der Waals surface area (Å²) < 4.78 is 0. The number of rotatable bonds is 7. The van der Waals surface area contributed by atoms with Crippen molar-refractivity contribution in [1.29, 1.82) is 0 Å². The minimum Gasteiger partial charge on any atom is -0.393 e. The van der Waals surface area contributed by atoms with Crippen LogP contribution < -0.4 is 0 Å². The first kappa shape index (κ1) is 25.8. The van der Waals surface area contributed by atoms with Crippen LogP contribution in [0.15, 0.2) is 11.6 Å². The van der Waals surface area contributed by atoms with Gasteiger partial charge in [0.15, 0.2) is 0 Å². The molecule has 0 aliphatic heterocycles. The van der Waals surface area contributed by atoms with Crippen LogP contribution in [0, 0.1) is 58.2 Å². The van der Waals surface area contributed by atoms with E-state index in [0.29, 0.717) is 16.7 Å². The number of hydrogen-bond donors (Lipinski definition) is 1. The molecular formula is C32H56O. The van der Waals surface area contributed by atoms with Gasteiger partial charge < -0.3 is 5.11 Å². The van der Waals surface area contributed by atoms with Crippen molar-refractivity contribution in [2.75, 3.05) is 0 Å². The van der Waals surface area contributed by atoms with Gasteiger partial charge in [0, 0.05) is 0 Å². The van der Waals surface area contributed by atoms with Crippen LogP contribution in [-0.4, -0.2) is 11.2 Å². The molecule has 0 heterocycles. The van der Waals surface area contributed by atoms with Gasteiger partial charge in [-0.3, -0.25) is 0 Å². The van der Waals surface area contributed by atoms with E-state index in [1.54, 1.807) is 0 Å². The average Bonchev–Trinajstić information content (AvgIpc) is 3.10. The van der Waals surface area contributed by atoms with Crippen LogP contribution in [-0.2, 0) is 0 Å². The lowest BCUT2D eigenvalue weighted by Gasteiger charge is -2.62. The molecule has 0 aromatic heterocycles. The third-order valence-corrected chi connectivity index (χ3v) is 11.9. The summed E-state index contributed by atoms with van der Waals surface area (Å²) in [5, 5.41) is 11.0. The Labute approximate surface area is 206 Å². The summed E-state index contributed by atoms with van der Waals surface area (Å²) in [4.78, 5) is 0. The van der Waals surface area contributed by atoms with Gasteiger partial charge in [0.05, 0.1) is 6.10 Å². The number of fused-ring (bicyclic) bond motifs is 5. The van der Waals surface area contributed by atoms with E-state index >= 15 is 0 Å². The van der Waals surface area contributed by atoms with E-state index < -0.39 is 0 Å². The molecule has 0 radical (unpaired) electrons. The molecule has 1 unspecified atom stereocenters. The monoisotopic (exact) mass is 456 g/mol. The van der Waals surface area contributed by atoms with Gasteiger partial charge in [0.2, 0.25) is 0 Å². The highest BCUT2D eigenvalue weighted by atomic mass is 16.3. The summed E-state index contributed by atoms with van der Waals surface area (Å²) in [7, 11) is 0. The van der Waals surface area contributed by atoms with Crippen molar-refractivity contribution in [3.05, 3.63) is 11.6 Å². The second-order valence-electron chi connectivity index (χ2n) is 14.4. The number of allylic oxidation sites excluding steroid dienone is 2. The molecule has 4 aliphatic rings. The smallest absolute Gasteiger partial charge is 0.0574 e. The molecular weight excluding hydrogens is 400 g/mol. The summed E-state index contributed by atoms with van der Waals surface area (Å²) >= 11 is 0. The molecule has 0 amide bonds. The Kier molecular flexibility index (Phi) is 7.80. The molecule has 33 heavy (non-hydrogen) atoms. The minimum absolute atomic E-state index is 0.0772. The van der Waals surface area contributed by atoms with Crippen molar-refractivity contribution >= 4 is 0 Å². The Balaban J connectivity index is 1.48. The predicted octanol–water partition coefficient (Wildman–Crippen LogP) is 9.05. The van der Waals surface area contributed by atoms with Crippen LogP contribution >= 0.6 is 0 Å². The molecule has 1 heteroatoms. The van der Waals surface area contributed by atoms with Crippen LogP contribution in [0.1, 0.15) is 126 Å². The first-order chi connectivity index (χ1) is 15.6. The summed E-state index contributed by atoms with van der Waals surface area (Å²) in [6.07, 6.45) is 18.8. The summed E-state index contributed by atoms with van der Waals surface area (Å²) in [6, 6.07) is 0. The summed E-state index contributed by atoms with van der Waals surface area (Å²) in [6.45, 7) is 17.2. The largest absolute Gasteiger partial charge is 0.393 e. The number of aliphatic hydroxyl groups is 1. The maximum Gasteiger partial charge on any atom is 0.0574 e. The Hall–Kier alpha value is -0.300. The molecule has 0 spiro atoms. The van der Waals surface area contributed by atoms with Crippen molar-refractivity contribution in [1.82, 2.24) is 0 Å². The van der Waals surface area contributed by atoms with Gasteiger partial charge in [-0.25, -0.2) is 0 Å². The van der Waals surface area contributed by atoms with E-state index in [0.717, 1.165) is 54.3 Å². The van der Waals surface area contributed by atoms with Crippen LogP contribution in [0.4, 0.5) is 0 Å². The van der Waals surface area contributed by atoms with E-state index in [-0.39, 0.29) is 6.10 Å². The quantitative estimate of drug-likeness (QED) is 0.379. The van der Waals surface area contributed by atoms with Crippen molar-refractivity contribution in [2.45, 2.75) is 132 Å². The first-order valence-electron chi connectivity index (χ1n) is 14.9. The standard InChI is InChI=1S/C32H56O/c1-21(2)9-8-10-23(5)26-15-16-27-24-13-14-28-25(12-11-22(3)4)30(33)18-20-32(28,7)29(24)17-19-31(26,27)6/h11,21,23-30,33H,8-10,12-20H2,1-7H3/t23-,24+,25+,26-,27+,28?,29+,30-,31-,32+/m1/s1. The van der Waals surface area contributed by atoms with Crippen LogP contribution in [0.2, 0.25) is 0 Å². The van der Waals surface area contributed by atoms with Gasteiger partial charge in [-0.1, -0.05) is 65.5 Å². The van der Waals surface area contributed by atoms with Gasteiger partial charge in [0.1, 0.15) is 0 Å². The van der Waals surface area contributed by atoms with E-state index in [4.69, 9.17) is 0 Å². The lowest BCUT2D eigenvalue weighted by Crippen LogP contribution is -2.56. The molecule has 0 bridgehead atoms. The highest BCUT2D eigenvalue weighted by molar-refractivity contribution is 5.11. The van der Waals surface area contributed by atoms with Crippen LogP contribution in [0.25, 0.3) is 0 Å². The highest BCUT2D eigenvalue weighted by Gasteiger charge is 2.61. The molecule has 1 nitrogen and oxygen atoms in total. The maximum absolute atomic E-state index is 11.0. The van der Waals surface area contributed by atoms with Crippen molar-refractivity contribution < 1.29 is 5.11 Å². The van der Waals surface area contributed by atoms with Gasteiger partial charge >= 0.3 is 0 Å². The molecule has 0 aromatic carbocycles. The Bertz CT molecular complexity index is 689. The molecule has 4 saturated carbocycles. The zero-order chi connectivity index (χ0) is 24.0. The molecule has 0 saturated heterocycles. The minimum atomic E-state index is -0.0772. The molecule has 4 aliphatic carbocycles. The third kappa shape index (κ3) is 4.75. The SMILES string of the molecule is CC(C)=CC[C@H]1C2CC[C@H]3[C@@H]4CC[C@H]([C@H](C)CCCC(C)C)[C@@]4(C)CC[C@@H]3[C@@]2(C)CC[C@H]1O. The Morgan fingerprint density at radius 2 is 1.52 bits per heavy atom. The van der Waals surface area contributed by atoms with Gasteiger partial charge in [-0.05, 0) is 130 Å². The average molecular weight is 457 g/mol. The molecule has 190 valence electrons. The fraction of sp³-hybridized carbons (Fsp3) is 0.938. The van der Waals surface area contributed by atoms with Crippen LogP contribution in [0.3, 0.4) is 0 Å². The summed E-state index contributed by atoms with van der Waals surface area (Å²) in [5.41, 5.74) is 2.47. The summed E-state index contributed by atoms with van der Waals surface area (Å²) in [5.74, 6) is 6.77. The van der Waals surface area contributed by atoms with Gasteiger partial charge in [-0.15, -0.1) is 0 Å². The molecule has 4 fully saturated rings. The van der Waals surface area contributed by atoms with Crippen LogP contribution in [0.5, 0.6) is 0 Å². The van der Waals surface area contributed by atoms with E-state index in [1.807, 2.05) is 0 Å². The molecule has 10 atom stereocenters. The fourth-order valence-electron chi connectivity index (χ4n) is 10.2. The van der Waals surface area contributed by atoms with Crippen molar-refractivity contribution in [3.8, 4) is 0 Å². The van der Waals surface area contributed by atoms with E-state index in [1.165, 1.54) is 69.8 Å². The van der Waals surface area contributed by atoms with Crippen molar-refractivity contribution in [3.63, 3.8) is 0 Å². The predicted molar refractivity (Wildman–Crippen MR) is 142 cm³/mol. The zero-order valence-electron chi connectivity index (χ0n) is 23.2. The highest BCUT2D eigenvalue weighted by Crippen LogP contribution is 2.69. The fourth-order valence-corrected chi connectivity index (χ4v) is 10.2. The molecule has 1 N–H and O–H groups in total. The molecule has 4 rings (SSSR count). The Morgan fingerprint density at radius 3 is 2.21 bits per heavy atom. The first-order valence-corrected chi connectivity index (χ1v) is 14.9. The lowest BCUT2D eigenvalue weighted by molar-refractivity contribution is -0.152. The normalized spacial score (nSPS) is 45.8. The number of aliphatic hydroxyl groups excluding tert-OH is 1. The second-order valence-corrected chi connectivity index (χ2v) is 14.4. The van der Waals surface area contributed by atoms with Crippen molar-refractivity contribution in [2.24, 2.45) is 58.2 Å². The molecule has 0 aromatic rings. The van der Waals surface area contributed by atoms with E-state index in [2.05, 4.69) is 54.5 Å². The number of hydrogen-bond acceptors (Lipinski definition) is 1.